The van der Waals surface area contributed by atoms with Gasteiger partial charge in [-0.1, -0.05) is 12.1 Å². The second-order valence-electron chi connectivity index (χ2n) is 2.90. The highest BCUT2D eigenvalue weighted by atomic mass is 19.1. The number of rotatable bonds is 6. The standard InChI is InChI=1S/C10H14BFO2/c1-13-9-5-2-3-6-10(9)14-8-4-7-11-12/h2-3,5-6,11H,4,7-8H2,1H3. The average molecular weight is 196 g/mol. The number of ether oxygens (including phenoxy) is 2. The van der Waals surface area contributed by atoms with Crippen molar-refractivity contribution in [2.24, 2.45) is 0 Å². The summed E-state index contributed by atoms with van der Waals surface area (Å²) >= 11 is 0. The van der Waals surface area contributed by atoms with Gasteiger partial charge in [0.25, 0.3) is 0 Å². The van der Waals surface area contributed by atoms with E-state index in [1.165, 1.54) is 0 Å². The molecule has 14 heavy (non-hydrogen) atoms. The van der Waals surface area contributed by atoms with E-state index >= 15 is 0 Å². The highest BCUT2D eigenvalue weighted by molar-refractivity contribution is 6.25. The van der Waals surface area contributed by atoms with Gasteiger partial charge in [0.15, 0.2) is 11.5 Å². The fourth-order valence-corrected chi connectivity index (χ4v) is 1.12. The monoisotopic (exact) mass is 196 g/mol. The van der Waals surface area contributed by atoms with Gasteiger partial charge in [-0.3, -0.25) is 0 Å². The van der Waals surface area contributed by atoms with E-state index in [0.717, 1.165) is 6.42 Å². The molecule has 1 aromatic rings. The number of benzene rings is 1. The van der Waals surface area contributed by atoms with Gasteiger partial charge >= 0.3 is 7.56 Å². The maximum atomic E-state index is 11.8. The Morgan fingerprint density at radius 3 is 2.64 bits per heavy atom. The minimum Gasteiger partial charge on any atom is -0.493 e. The normalized spacial score (nSPS) is 9.57. The van der Waals surface area contributed by atoms with Crippen LogP contribution in [0.1, 0.15) is 6.42 Å². The lowest BCUT2D eigenvalue weighted by Crippen LogP contribution is -1.99. The van der Waals surface area contributed by atoms with E-state index in [2.05, 4.69) is 0 Å². The van der Waals surface area contributed by atoms with Gasteiger partial charge in [0.1, 0.15) is 0 Å². The predicted octanol–water partition coefficient (Wildman–Crippen LogP) is 2.20. The summed E-state index contributed by atoms with van der Waals surface area (Å²) < 4.78 is 22.3. The molecule has 0 aliphatic carbocycles. The smallest absolute Gasteiger partial charge is 0.331 e. The van der Waals surface area contributed by atoms with Crippen LogP contribution in [0.3, 0.4) is 0 Å². The molecule has 1 rings (SSSR count). The van der Waals surface area contributed by atoms with Crippen molar-refractivity contribution in [2.45, 2.75) is 12.7 Å². The molecule has 2 nitrogen and oxygen atoms in total. The van der Waals surface area contributed by atoms with Crippen molar-refractivity contribution in [2.75, 3.05) is 13.7 Å². The second kappa shape index (κ2) is 6.30. The summed E-state index contributed by atoms with van der Waals surface area (Å²) in [5.74, 6) is 1.43. The van der Waals surface area contributed by atoms with Crippen molar-refractivity contribution in [3.8, 4) is 11.5 Å². The molecule has 0 N–H and O–H groups in total. The van der Waals surface area contributed by atoms with E-state index in [9.17, 15) is 4.32 Å². The number of hydrogen-bond donors (Lipinski definition) is 0. The molecule has 0 saturated carbocycles. The Morgan fingerprint density at radius 2 is 2.00 bits per heavy atom. The molecule has 0 amide bonds. The van der Waals surface area contributed by atoms with Crippen LogP contribution in [0.5, 0.6) is 11.5 Å². The summed E-state index contributed by atoms with van der Waals surface area (Å²) in [7, 11) is 1.32. The Morgan fingerprint density at radius 1 is 1.29 bits per heavy atom. The summed E-state index contributed by atoms with van der Waals surface area (Å²) in [6.07, 6.45) is 1.28. The highest BCUT2D eigenvalue weighted by Gasteiger charge is 2.01. The van der Waals surface area contributed by atoms with Crippen LogP contribution in [0.4, 0.5) is 4.32 Å². The van der Waals surface area contributed by atoms with Crippen molar-refractivity contribution >= 4 is 7.56 Å². The first-order valence-electron chi connectivity index (χ1n) is 4.70. The van der Waals surface area contributed by atoms with Crippen molar-refractivity contribution in [1.29, 1.82) is 0 Å². The van der Waals surface area contributed by atoms with Gasteiger partial charge in [-0.05, 0) is 24.9 Å². The fraction of sp³-hybridized carbons (Fsp3) is 0.400. The van der Waals surface area contributed by atoms with Crippen LogP contribution >= 0.6 is 0 Å². The van der Waals surface area contributed by atoms with Crippen LogP contribution in [-0.2, 0) is 0 Å². The van der Waals surface area contributed by atoms with Crippen LogP contribution in [0.25, 0.3) is 0 Å². The molecule has 0 saturated heterocycles. The average Bonchev–Trinajstić information content (AvgIpc) is 2.25. The van der Waals surface area contributed by atoms with Crippen molar-refractivity contribution in [1.82, 2.24) is 0 Å². The molecule has 76 valence electrons. The van der Waals surface area contributed by atoms with Crippen LogP contribution in [0, 0.1) is 0 Å². The molecule has 0 unspecified atom stereocenters. The molecule has 0 spiro atoms. The highest BCUT2D eigenvalue weighted by Crippen LogP contribution is 2.25. The second-order valence-corrected chi connectivity index (χ2v) is 2.90. The zero-order valence-electron chi connectivity index (χ0n) is 8.33. The van der Waals surface area contributed by atoms with Crippen LogP contribution < -0.4 is 9.47 Å². The van der Waals surface area contributed by atoms with E-state index in [-0.39, 0.29) is 7.56 Å². The maximum Gasteiger partial charge on any atom is 0.331 e. The summed E-state index contributed by atoms with van der Waals surface area (Å²) in [5, 5.41) is 0. The molecule has 1 aromatic carbocycles. The van der Waals surface area contributed by atoms with E-state index in [1.54, 1.807) is 7.11 Å². The third-order valence-corrected chi connectivity index (χ3v) is 1.85. The molecule has 0 bridgehead atoms. The number of halogens is 1. The molecule has 0 aromatic heterocycles. The summed E-state index contributed by atoms with van der Waals surface area (Å²) in [6, 6.07) is 7.44. The van der Waals surface area contributed by atoms with Gasteiger partial charge in [0.05, 0.1) is 13.7 Å². The van der Waals surface area contributed by atoms with Crippen LogP contribution in [0.15, 0.2) is 24.3 Å². The summed E-state index contributed by atoms with van der Waals surface area (Å²) in [4.78, 5) is 0. The lowest BCUT2D eigenvalue weighted by Gasteiger charge is -2.09. The predicted molar refractivity (Wildman–Crippen MR) is 56.2 cm³/mol. The number of para-hydroxylation sites is 2. The Labute approximate surface area is 84.3 Å². The molecule has 0 fully saturated rings. The summed E-state index contributed by atoms with van der Waals surface area (Å²) in [6.45, 7) is 0.532. The van der Waals surface area contributed by atoms with Gasteiger partial charge in [-0.15, -0.1) is 0 Å². The van der Waals surface area contributed by atoms with Gasteiger partial charge in [-0.25, -0.2) is 0 Å². The Hall–Kier alpha value is -1.19. The summed E-state index contributed by atoms with van der Waals surface area (Å²) in [5.41, 5.74) is 0. The van der Waals surface area contributed by atoms with Crippen LogP contribution in [0.2, 0.25) is 6.32 Å². The third-order valence-electron chi connectivity index (χ3n) is 1.85. The first kappa shape index (κ1) is 10.9. The van der Waals surface area contributed by atoms with Crippen molar-refractivity contribution in [3.63, 3.8) is 0 Å². The quantitative estimate of drug-likeness (QED) is 0.512. The Bertz CT molecular complexity index is 268. The largest absolute Gasteiger partial charge is 0.493 e. The van der Waals surface area contributed by atoms with Gasteiger partial charge < -0.3 is 13.8 Å². The molecular weight excluding hydrogens is 182 g/mol. The molecule has 0 radical (unpaired) electrons. The maximum absolute atomic E-state index is 11.8. The Kier molecular flexibility index (Phi) is 4.90. The minimum atomic E-state index is -0.282. The third kappa shape index (κ3) is 3.28. The molecule has 0 aliphatic heterocycles. The molecule has 0 atom stereocenters. The van der Waals surface area contributed by atoms with E-state index in [0.29, 0.717) is 24.4 Å². The number of methoxy groups -OCH3 is 1. The SMILES string of the molecule is COc1ccccc1OCCCBF. The topological polar surface area (TPSA) is 18.5 Å². The van der Waals surface area contributed by atoms with E-state index in [1.807, 2.05) is 24.3 Å². The first-order chi connectivity index (χ1) is 6.88. The zero-order chi connectivity index (χ0) is 10.2. The first-order valence-corrected chi connectivity index (χ1v) is 4.70. The number of hydrogen-bond acceptors (Lipinski definition) is 2. The van der Waals surface area contributed by atoms with Gasteiger partial charge in [0, 0.05) is 0 Å². The van der Waals surface area contributed by atoms with Crippen molar-refractivity contribution < 1.29 is 13.8 Å². The van der Waals surface area contributed by atoms with Gasteiger partial charge in [0.2, 0.25) is 0 Å². The molecule has 0 heterocycles. The van der Waals surface area contributed by atoms with E-state index in [4.69, 9.17) is 9.47 Å². The zero-order valence-corrected chi connectivity index (χ0v) is 8.33. The van der Waals surface area contributed by atoms with E-state index < -0.39 is 0 Å². The van der Waals surface area contributed by atoms with Crippen LogP contribution in [-0.4, -0.2) is 21.3 Å². The minimum absolute atomic E-state index is 0.282. The molecule has 4 heteroatoms. The Balaban J connectivity index is 2.41. The molecular formula is C10H14BFO2. The fourth-order valence-electron chi connectivity index (χ4n) is 1.12. The molecule has 0 aliphatic rings. The lowest BCUT2D eigenvalue weighted by molar-refractivity contribution is 0.294. The van der Waals surface area contributed by atoms with Gasteiger partial charge in [-0.2, -0.15) is 0 Å². The lowest BCUT2D eigenvalue weighted by atomic mass is 9.97. The van der Waals surface area contributed by atoms with Crippen molar-refractivity contribution in [3.05, 3.63) is 24.3 Å².